The second-order valence-electron chi connectivity index (χ2n) is 3.66. The van der Waals surface area contributed by atoms with E-state index in [1.54, 1.807) is 0 Å². The van der Waals surface area contributed by atoms with Gasteiger partial charge in [-0.1, -0.05) is 32.1 Å². The van der Waals surface area contributed by atoms with Gasteiger partial charge in [0, 0.05) is 20.5 Å². The molecule has 0 spiro atoms. The van der Waals surface area contributed by atoms with E-state index >= 15 is 0 Å². The van der Waals surface area contributed by atoms with Crippen molar-refractivity contribution in [3.05, 3.63) is 12.7 Å². The summed E-state index contributed by atoms with van der Waals surface area (Å²) in [5, 5.41) is 0. The van der Waals surface area contributed by atoms with Gasteiger partial charge in [-0.2, -0.15) is 0 Å². The summed E-state index contributed by atoms with van der Waals surface area (Å²) < 4.78 is 0. The standard InChI is InChI=1S/C9H17NS/c1-6-9(2,3)7-8(11)10(4)5/h6H,1,7H2,2-5H3. The van der Waals surface area contributed by atoms with Crippen LogP contribution in [0.1, 0.15) is 20.3 Å². The van der Waals surface area contributed by atoms with Crippen LogP contribution in [-0.2, 0) is 0 Å². The van der Waals surface area contributed by atoms with Crippen molar-refractivity contribution in [3.8, 4) is 0 Å². The van der Waals surface area contributed by atoms with Crippen molar-refractivity contribution in [3.63, 3.8) is 0 Å². The van der Waals surface area contributed by atoms with Crippen LogP contribution in [0.5, 0.6) is 0 Å². The van der Waals surface area contributed by atoms with Crippen LogP contribution in [0.15, 0.2) is 12.7 Å². The molecule has 0 N–H and O–H groups in total. The molecule has 2 heteroatoms. The van der Waals surface area contributed by atoms with Gasteiger partial charge in [-0.3, -0.25) is 0 Å². The van der Waals surface area contributed by atoms with E-state index in [1.807, 2.05) is 25.1 Å². The van der Waals surface area contributed by atoms with Gasteiger partial charge < -0.3 is 4.90 Å². The van der Waals surface area contributed by atoms with E-state index in [0.717, 1.165) is 11.4 Å². The Hall–Kier alpha value is -0.370. The summed E-state index contributed by atoms with van der Waals surface area (Å²) in [6.07, 6.45) is 2.85. The smallest absolute Gasteiger partial charge is 0.0782 e. The molecular formula is C9H17NS. The van der Waals surface area contributed by atoms with E-state index in [1.165, 1.54) is 0 Å². The zero-order valence-corrected chi connectivity index (χ0v) is 8.66. The van der Waals surface area contributed by atoms with Crippen LogP contribution in [0, 0.1) is 5.41 Å². The second kappa shape index (κ2) is 3.86. The monoisotopic (exact) mass is 171 g/mol. The van der Waals surface area contributed by atoms with E-state index in [9.17, 15) is 0 Å². The van der Waals surface area contributed by atoms with Crippen molar-refractivity contribution in [2.45, 2.75) is 20.3 Å². The lowest BCUT2D eigenvalue weighted by atomic mass is 9.89. The second-order valence-corrected chi connectivity index (χ2v) is 4.13. The Morgan fingerprint density at radius 2 is 2.00 bits per heavy atom. The molecule has 0 saturated heterocycles. The first-order valence-electron chi connectivity index (χ1n) is 3.73. The zero-order valence-electron chi connectivity index (χ0n) is 7.85. The molecule has 1 nitrogen and oxygen atoms in total. The Labute approximate surface area is 75.1 Å². The molecule has 0 unspecified atom stereocenters. The third-order valence-corrected chi connectivity index (χ3v) is 2.17. The molecule has 0 aromatic rings. The maximum atomic E-state index is 5.17. The average Bonchev–Trinajstić information content (AvgIpc) is 1.87. The third kappa shape index (κ3) is 4.14. The molecule has 0 aromatic heterocycles. The number of hydrogen-bond donors (Lipinski definition) is 0. The van der Waals surface area contributed by atoms with Crippen molar-refractivity contribution >= 4 is 17.2 Å². The summed E-state index contributed by atoms with van der Waals surface area (Å²) in [4.78, 5) is 2.95. The largest absolute Gasteiger partial charge is 0.372 e. The molecule has 0 rings (SSSR count). The Balaban J connectivity index is 4.04. The molecule has 0 heterocycles. The van der Waals surface area contributed by atoms with Gasteiger partial charge in [-0.15, -0.1) is 6.58 Å². The van der Waals surface area contributed by atoms with Crippen LogP contribution in [0.4, 0.5) is 0 Å². The van der Waals surface area contributed by atoms with E-state index in [2.05, 4.69) is 20.4 Å². The average molecular weight is 171 g/mol. The summed E-state index contributed by atoms with van der Waals surface area (Å²) >= 11 is 5.17. The molecule has 64 valence electrons. The number of thiocarbonyl (C=S) groups is 1. The quantitative estimate of drug-likeness (QED) is 0.474. The van der Waals surface area contributed by atoms with E-state index in [0.29, 0.717) is 0 Å². The lowest BCUT2D eigenvalue weighted by Crippen LogP contribution is -2.25. The highest BCUT2D eigenvalue weighted by Crippen LogP contribution is 2.22. The van der Waals surface area contributed by atoms with Crippen LogP contribution < -0.4 is 0 Å². The molecule has 0 atom stereocenters. The van der Waals surface area contributed by atoms with Gasteiger partial charge in [0.1, 0.15) is 0 Å². The first-order valence-corrected chi connectivity index (χ1v) is 4.13. The summed E-state index contributed by atoms with van der Waals surface area (Å²) in [5.41, 5.74) is 0.126. The van der Waals surface area contributed by atoms with Crippen LogP contribution >= 0.6 is 12.2 Å². The van der Waals surface area contributed by atoms with E-state index in [4.69, 9.17) is 12.2 Å². The van der Waals surface area contributed by atoms with Crippen molar-refractivity contribution in [1.82, 2.24) is 4.90 Å². The molecule has 0 amide bonds. The molecular weight excluding hydrogens is 154 g/mol. The topological polar surface area (TPSA) is 3.24 Å². The highest BCUT2D eigenvalue weighted by atomic mass is 32.1. The fourth-order valence-corrected chi connectivity index (χ4v) is 0.992. The molecule has 0 bridgehead atoms. The molecule has 0 aliphatic heterocycles. The molecule has 0 saturated carbocycles. The Morgan fingerprint density at radius 3 is 2.27 bits per heavy atom. The normalized spacial score (nSPS) is 10.9. The van der Waals surface area contributed by atoms with Crippen LogP contribution in [0.3, 0.4) is 0 Å². The maximum Gasteiger partial charge on any atom is 0.0782 e. The minimum Gasteiger partial charge on any atom is -0.372 e. The van der Waals surface area contributed by atoms with Gasteiger partial charge in [0.25, 0.3) is 0 Å². The van der Waals surface area contributed by atoms with Gasteiger partial charge in [-0.05, 0) is 5.41 Å². The summed E-state index contributed by atoms with van der Waals surface area (Å²) in [7, 11) is 3.95. The van der Waals surface area contributed by atoms with Gasteiger partial charge in [0.05, 0.1) is 4.99 Å². The highest BCUT2D eigenvalue weighted by molar-refractivity contribution is 7.80. The van der Waals surface area contributed by atoms with Gasteiger partial charge in [-0.25, -0.2) is 0 Å². The lowest BCUT2D eigenvalue weighted by Gasteiger charge is -2.23. The number of allylic oxidation sites excluding steroid dienone is 1. The Morgan fingerprint density at radius 1 is 1.55 bits per heavy atom. The number of hydrogen-bond acceptors (Lipinski definition) is 1. The van der Waals surface area contributed by atoms with Crippen molar-refractivity contribution in [1.29, 1.82) is 0 Å². The predicted molar refractivity (Wildman–Crippen MR) is 54.9 cm³/mol. The van der Waals surface area contributed by atoms with E-state index < -0.39 is 0 Å². The van der Waals surface area contributed by atoms with Crippen molar-refractivity contribution in [2.75, 3.05) is 14.1 Å². The van der Waals surface area contributed by atoms with Crippen molar-refractivity contribution < 1.29 is 0 Å². The molecule has 0 aliphatic carbocycles. The first kappa shape index (κ1) is 10.6. The fourth-order valence-electron chi connectivity index (χ4n) is 0.620. The summed E-state index contributed by atoms with van der Waals surface area (Å²) in [5.74, 6) is 0. The summed E-state index contributed by atoms with van der Waals surface area (Å²) in [6.45, 7) is 8.04. The SMILES string of the molecule is C=CC(C)(C)CC(=S)N(C)C. The Kier molecular flexibility index (Phi) is 3.73. The van der Waals surface area contributed by atoms with Crippen LogP contribution in [0.25, 0.3) is 0 Å². The molecule has 11 heavy (non-hydrogen) atoms. The van der Waals surface area contributed by atoms with Crippen molar-refractivity contribution in [2.24, 2.45) is 5.41 Å². The molecule has 0 fully saturated rings. The zero-order chi connectivity index (χ0) is 9.07. The number of nitrogens with zero attached hydrogens (tertiary/aromatic N) is 1. The van der Waals surface area contributed by atoms with Gasteiger partial charge in [0.15, 0.2) is 0 Å². The molecule has 0 radical (unpaired) electrons. The van der Waals surface area contributed by atoms with E-state index in [-0.39, 0.29) is 5.41 Å². The fraction of sp³-hybridized carbons (Fsp3) is 0.667. The highest BCUT2D eigenvalue weighted by Gasteiger charge is 2.15. The minimum atomic E-state index is 0.126. The minimum absolute atomic E-state index is 0.126. The van der Waals surface area contributed by atoms with Gasteiger partial charge >= 0.3 is 0 Å². The maximum absolute atomic E-state index is 5.17. The molecule has 0 aromatic carbocycles. The summed E-state index contributed by atoms with van der Waals surface area (Å²) in [6, 6.07) is 0. The third-order valence-electron chi connectivity index (χ3n) is 1.66. The molecule has 0 aliphatic rings. The van der Waals surface area contributed by atoms with Crippen LogP contribution in [0.2, 0.25) is 0 Å². The van der Waals surface area contributed by atoms with Gasteiger partial charge in [0.2, 0.25) is 0 Å². The Bertz CT molecular complexity index is 159. The number of rotatable bonds is 3. The lowest BCUT2D eigenvalue weighted by molar-refractivity contribution is 0.478. The predicted octanol–water partition coefficient (Wildman–Crippen LogP) is 2.48. The first-order chi connectivity index (χ1) is 4.89. The van der Waals surface area contributed by atoms with Crippen LogP contribution in [-0.4, -0.2) is 24.0 Å².